The van der Waals surface area contributed by atoms with Gasteiger partial charge in [0, 0.05) is 11.6 Å². The van der Waals surface area contributed by atoms with Crippen molar-refractivity contribution in [3.63, 3.8) is 0 Å². The Bertz CT molecular complexity index is 703. The molecule has 1 saturated heterocycles. The Hall–Kier alpha value is -2.14. The molecule has 0 spiro atoms. The van der Waals surface area contributed by atoms with Crippen molar-refractivity contribution in [2.24, 2.45) is 0 Å². The van der Waals surface area contributed by atoms with Crippen LogP contribution >= 0.6 is 0 Å². The minimum Gasteiger partial charge on any atom is -0.496 e. The topological polar surface area (TPSA) is 47.4 Å². The lowest BCUT2D eigenvalue weighted by molar-refractivity contribution is 0.210. The molecule has 1 aliphatic heterocycles. The minimum atomic E-state index is -0.0621. The van der Waals surface area contributed by atoms with Crippen LogP contribution in [-0.4, -0.2) is 34.9 Å². The van der Waals surface area contributed by atoms with Crippen LogP contribution in [0.1, 0.15) is 25.7 Å². The second-order valence-corrected chi connectivity index (χ2v) is 5.93. The largest absolute Gasteiger partial charge is 0.496 e. The van der Waals surface area contributed by atoms with Crippen molar-refractivity contribution in [3.8, 4) is 17.0 Å². The van der Waals surface area contributed by atoms with Gasteiger partial charge in [-0.3, -0.25) is 9.69 Å². The molecule has 0 saturated carbocycles. The molecule has 2 heterocycles. The number of benzene rings is 1. The number of hydrogen-bond donors (Lipinski definition) is 0. The highest BCUT2D eigenvalue weighted by atomic mass is 16.5. The van der Waals surface area contributed by atoms with Crippen molar-refractivity contribution >= 4 is 0 Å². The Morgan fingerprint density at radius 2 is 1.78 bits per heavy atom. The van der Waals surface area contributed by atoms with Crippen LogP contribution in [0, 0.1) is 0 Å². The fourth-order valence-electron chi connectivity index (χ4n) is 3.02. The lowest BCUT2D eigenvalue weighted by Gasteiger charge is -2.20. The summed E-state index contributed by atoms with van der Waals surface area (Å²) in [6, 6.07) is 11.1. The van der Waals surface area contributed by atoms with Gasteiger partial charge in [0.2, 0.25) is 0 Å². The summed E-state index contributed by atoms with van der Waals surface area (Å²) in [5.41, 5.74) is 1.60. The summed E-state index contributed by atoms with van der Waals surface area (Å²) in [6.07, 6.45) is 4.95. The first-order chi connectivity index (χ1) is 11.3. The summed E-state index contributed by atoms with van der Waals surface area (Å²) in [7, 11) is 1.64. The summed E-state index contributed by atoms with van der Waals surface area (Å²) in [5, 5.41) is 4.56. The predicted molar refractivity (Wildman–Crippen MR) is 90.5 cm³/mol. The number of nitrogens with zero attached hydrogens (tertiary/aromatic N) is 3. The van der Waals surface area contributed by atoms with Crippen molar-refractivity contribution in [1.29, 1.82) is 0 Å². The van der Waals surface area contributed by atoms with E-state index in [2.05, 4.69) is 10.00 Å². The van der Waals surface area contributed by atoms with Crippen molar-refractivity contribution < 1.29 is 4.74 Å². The van der Waals surface area contributed by atoms with Crippen LogP contribution in [0.3, 0.4) is 0 Å². The highest BCUT2D eigenvalue weighted by molar-refractivity contribution is 5.66. The molecule has 0 radical (unpaired) electrons. The summed E-state index contributed by atoms with van der Waals surface area (Å²) >= 11 is 0. The zero-order valence-corrected chi connectivity index (χ0v) is 13.6. The van der Waals surface area contributed by atoms with Gasteiger partial charge >= 0.3 is 0 Å². The number of ether oxygens (including phenoxy) is 1. The van der Waals surface area contributed by atoms with E-state index in [9.17, 15) is 4.79 Å². The SMILES string of the molecule is COc1ccccc1-c1ccc(=O)n(CN2CCCCCC2)n1. The Kier molecular flexibility index (Phi) is 5.08. The zero-order chi connectivity index (χ0) is 16.1. The normalized spacial score (nSPS) is 16.0. The monoisotopic (exact) mass is 313 g/mol. The van der Waals surface area contributed by atoms with E-state index in [4.69, 9.17) is 4.74 Å². The van der Waals surface area contributed by atoms with Gasteiger partial charge in [-0.2, -0.15) is 5.10 Å². The van der Waals surface area contributed by atoms with Gasteiger partial charge in [0.25, 0.3) is 5.56 Å². The molecule has 0 atom stereocenters. The molecule has 0 N–H and O–H groups in total. The molecule has 2 aromatic rings. The Balaban J connectivity index is 1.88. The molecule has 0 unspecified atom stereocenters. The van der Waals surface area contributed by atoms with Crippen molar-refractivity contribution in [2.45, 2.75) is 32.4 Å². The van der Waals surface area contributed by atoms with Gasteiger partial charge in [0.05, 0.1) is 19.5 Å². The lowest BCUT2D eigenvalue weighted by Crippen LogP contribution is -2.34. The molecular weight excluding hydrogens is 290 g/mol. The lowest BCUT2D eigenvalue weighted by atomic mass is 10.1. The molecule has 1 aromatic heterocycles. The fraction of sp³-hybridized carbons (Fsp3) is 0.444. The maximum atomic E-state index is 12.2. The molecule has 1 fully saturated rings. The van der Waals surface area contributed by atoms with Gasteiger partial charge in [0.1, 0.15) is 5.75 Å². The quantitative estimate of drug-likeness (QED) is 0.871. The second-order valence-electron chi connectivity index (χ2n) is 5.93. The highest BCUT2D eigenvalue weighted by Crippen LogP contribution is 2.27. The van der Waals surface area contributed by atoms with E-state index in [1.54, 1.807) is 23.9 Å². The van der Waals surface area contributed by atoms with E-state index in [-0.39, 0.29) is 5.56 Å². The first-order valence-corrected chi connectivity index (χ1v) is 8.22. The van der Waals surface area contributed by atoms with Gasteiger partial charge in [-0.05, 0) is 44.1 Å². The molecule has 5 nitrogen and oxygen atoms in total. The molecule has 0 bridgehead atoms. The molecular formula is C18H23N3O2. The second kappa shape index (κ2) is 7.42. The van der Waals surface area contributed by atoms with Gasteiger partial charge in [0.15, 0.2) is 0 Å². The van der Waals surface area contributed by atoms with Crippen LogP contribution in [0.5, 0.6) is 5.75 Å². The van der Waals surface area contributed by atoms with E-state index in [0.717, 1.165) is 30.1 Å². The third-order valence-electron chi connectivity index (χ3n) is 4.28. The van der Waals surface area contributed by atoms with Crippen LogP contribution in [0.25, 0.3) is 11.3 Å². The summed E-state index contributed by atoms with van der Waals surface area (Å²) in [5.74, 6) is 0.764. The van der Waals surface area contributed by atoms with E-state index in [1.165, 1.54) is 25.7 Å². The third kappa shape index (κ3) is 3.79. The maximum absolute atomic E-state index is 12.2. The van der Waals surface area contributed by atoms with Crippen LogP contribution in [0.2, 0.25) is 0 Å². The van der Waals surface area contributed by atoms with Crippen LogP contribution in [-0.2, 0) is 6.67 Å². The number of rotatable bonds is 4. The number of likely N-dealkylation sites (tertiary alicyclic amines) is 1. The highest BCUT2D eigenvalue weighted by Gasteiger charge is 2.12. The molecule has 5 heteroatoms. The number of hydrogen-bond acceptors (Lipinski definition) is 4. The molecule has 0 amide bonds. The average Bonchev–Trinajstić information content (AvgIpc) is 2.85. The molecule has 1 aliphatic rings. The number of para-hydroxylation sites is 1. The van der Waals surface area contributed by atoms with E-state index in [1.807, 2.05) is 24.3 Å². The summed E-state index contributed by atoms with van der Waals surface area (Å²) in [6.45, 7) is 2.63. The Labute approximate surface area is 136 Å². The number of aromatic nitrogens is 2. The maximum Gasteiger partial charge on any atom is 0.268 e. The van der Waals surface area contributed by atoms with E-state index >= 15 is 0 Å². The first kappa shape index (κ1) is 15.7. The van der Waals surface area contributed by atoms with Gasteiger partial charge in [-0.25, -0.2) is 4.68 Å². The Morgan fingerprint density at radius 1 is 1.04 bits per heavy atom. The minimum absolute atomic E-state index is 0.0621. The van der Waals surface area contributed by atoms with Crippen molar-refractivity contribution in [1.82, 2.24) is 14.7 Å². The van der Waals surface area contributed by atoms with E-state index in [0.29, 0.717) is 6.67 Å². The summed E-state index contributed by atoms with van der Waals surface area (Å²) < 4.78 is 6.96. The molecule has 122 valence electrons. The number of methoxy groups -OCH3 is 1. The molecule has 1 aromatic carbocycles. The van der Waals surface area contributed by atoms with Crippen LogP contribution in [0.15, 0.2) is 41.2 Å². The average molecular weight is 313 g/mol. The zero-order valence-electron chi connectivity index (χ0n) is 13.6. The standard InChI is InChI=1S/C18H23N3O2/c1-23-17-9-5-4-8-15(17)16-10-11-18(22)21(19-16)14-20-12-6-2-3-7-13-20/h4-5,8-11H,2-3,6-7,12-14H2,1H3. The van der Waals surface area contributed by atoms with Gasteiger partial charge in [-0.1, -0.05) is 25.0 Å². The van der Waals surface area contributed by atoms with Crippen LogP contribution < -0.4 is 10.3 Å². The first-order valence-electron chi connectivity index (χ1n) is 8.22. The predicted octanol–water partition coefficient (Wildman–Crippen LogP) is 2.75. The Morgan fingerprint density at radius 3 is 2.52 bits per heavy atom. The van der Waals surface area contributed by atoms with Crippen molar-refractivity contribution in [2.75, 3.05) is 20.2 Å². The fourth-order valence-corrected chi connectivity index (χ4v) is 3.02. The molecule has 23 heavy (non-hydrogen) atoms. The molecule has 0 aliphatic carbocycles. The third-order valence-corrected chi connectivity index (χ3v) is 4.28. The van der Waals surface area contributed by atoms with E-state index < -0.39 is 0 Å². The van der Waals surface area contributed by atoms with Crippen LogP contribution in [0.4, 0.5) is 0 Å². The van der Waals surface area contributed by atoms with Gasteiger partial charge < -0.3 is 4.74 Å². The van der Waals surface area contributed by atoms with Gasteiger partial charge in [-0.15, -0.1) is 0 Å². The smallest absolute Gasteiger partial charge is 0.268 e. The summed E-state index contributed by atoms with van der Waals surface area (Å²) in [4.78, 5) is 14.5. The molecule has 3 rings (SSSR count). The van der Waals surface area contributed by atoms with Crippen molar-refractivity contribution in [3.05, 3.63) is 46.8 Å².